The molecule has 1 atom stereocenters. The summed E-state index contributed by atoms with van der Waals surface area (Å²) in [7, 11) is -5.58. The fourth-order valence-corrected chi connectivity index (χ4v) is 5.58. The lowest BCUT2D eigenvalue weighted by molar-refractivity contribution is 0.0519. The zero-order valence-corrected chi connectivity index (χ0v) is 23.8. The van der Waals surface area contributed by atoms with Crippen molar-refractivity contribution in [3.63, 3.8) is 0 Å². The number of para-hydroxylation sites is 1. The summed E-state index contributed by atoms with van der Waals surface area (Å²) in [5.74, 6) is 0.0685. The van der Waals surface area contributed by atoms with Gasteiger partial charge in [0.05, 0.1) is 17.0 Å². The highest BCUT2D eigenvalue weighted by molar-refractivity contribution is 7.90. The number of rotatable bonds is 7. The first-order chi connectivity index (χ1) is 18.1. The van der Waals surface area contributed by atoms with Crippen molar-refractivity contribution in [2.24, 2.45) is 10.3 Å². The smallest absolute Gasteiger partial charge is 0.356 e. The highest BCUT2D eigenvalue weighted by Crippen LogP contribution is 2.39. The predicted octanol–water partition coefficient (Wildman–Crippen LogP) is 6.10. The zero-order chi connectivity index (χ0) is 27.9. The maximum Gasteiger partial charge on any atom is 0.356 e. The summed E-state index contributed by atoms with van der Waals surface area (Å²) < 4.78 is 49.6. The summed E-state index contributed by atoms with van der Waals surface area (Å²) in [6.07, 6.45) is 2.90. The molecule has 4 aromatic rings. The van der Waals surface area contributed by atoms with Gasteiger partial charge in [-0.1, -0.05) is 81.4 Å². The first kappa shape index (κ1) is 29.0. The van der Waals surface area contributed by atoms with Crippen molar-refractivity contribution in [2.45, 2.75) is 32.6 Å². The molecule has 0 saturated carbocycles. The van der Waals surface area contributed by atoms with Gasteiger partial charge in [0.15, 0.2) is 5.69 Å². The number of nitrogens with zero attached hydrogens (tertiary/aromatic N) is 2. The van der Waals surface area contributed by atoms with Gasteiger partial charge >= 0.3 is 5.97 Å². The van der Waals surface area contributed by atoms with E-state index >= 15 is 0 Å². The number of carbonyl (C=O) groups excluding carboxylic acids is 1. The number of esters is 1. The molecule has 9 heteroatoms. The molecule has 0 saturated heterocycles. The Morgan fingerprint density at radius 2 is 1.55 bits per heavy atom. The Kier molecular flexibility index (Phi) is 9.77. The second-order valence-electron chi connectivity index (χ2n) is 9.02. The van der Waals surface area contributed by atoms with Crippen LogP contribution in [-0.2, 0) is 25.7 Å². The summed E-state index contributed by atoms with van der Waals surface area (Å²) in [6, 6.07) is 21.9. The van der Waals surface area contributed by atoms with Gasteiger partial charge in [-0.05, 0) is 36.6 Å². The molecule has 0 unspecified atom stereocenters. The minimum absolute atomic E-state index is 0.0454. The van der Waals surface area contributed by atoms with Crippen LogP contribution in [0, 0.1) is 5.92 Å². The molecule has 0 amide bonds. The molecule has 0 fully saturated rings. The van der Waals surface area contributed by atoms with Gasteiger partial charge < -0.3 is 4.74 Å². The van der Waals surface area contributed by atoms with Crippen LogP contribution in [0.3, 0.4) is 0 Å². The quantitative estimate of drug-likeness (QED) is 0.204. The maximum absolute atomic E-state index is 13.8. The number of aromatic nitrogens is 1. The predicted molar refractivity (Wildman–Crippen MR) is 155 cm³/mol. The van der Waals surface area contributed by atoms with E-state index in [0.29, 0.717) is 27.6 Å². The molecule has 1 heterocycles. The molecule has 3 aromatic carbocycles. The first-order valence-electron chi connectivity index (χ1n) is 12.2. The molecule has 0 N–H and O–H groups in total. The topological polar surface area (TPSA) is 94.8 Å². The highest BCUT2D eigenvalue weighted by Gasteiger charge is 2.32. The van der Waals surface area contributed by atoms with E-state index in [1.165, 1.54) is 24.6 Å². The molecule has 4 rings (SSSR count). The minimum atomic E-state index is -4.15. The van der Waals surface area contributed by atoms with E-state index < -0.39 is 27.0 Å². The van der Waals surface area contributed by atoms with Gasteiger partial charge in [-0.15, -0.1) is 0 Å². The van der Waals surface area contributed by atoms with Crippen LogP contribution in [0.4, 0.5) is 0 Å². The van der Waals surface area contributed by atoms with Crippen LogP contribution < -0.4 is 0 Å². The van der Waals surface area contributed by atoms with Gasteiger partial charge in [0.1, 0.15) is 11.0 Å². The molecular formula is C29H32N2O5S2. The Labute approximate surface area is 226 Å². The van der Waals surface area contributed by atoms with E-state index in [2.05, 4.69) is 25.2 Å². The van der Waals surface area contributed by atoms with E-state index in [0.717, 1.165) is 9.89 Å². The molecule has 0 aliphatic rings. The normalized spacial score (nSPS) is 12.4. The Balaban J connectivity index is 0.000000934. The molecule has 200 valence electrons. The van der Waals surface area contributed by atoms with E-state index in [1.54, 1.807) is 73.7 Å². The van der Waals surface area contributed by atoms with Crippen molar-refractivity contribution < 1.29 is 22.2 Å². The van der Waals surface area contributed by atoms with Crippen molar-refractivity contribution in [1.82, 2.24) is 3.97 Å². The van der Waals surface area contributed by atoms with E-state index in [1.807, 2.05) is 0 Å². The standard InChI is InChI=1S/C25H22N2O5S2.C4H10/c1-3-32-25(28)24-23(20-14-8-7-11-18(20)17-26-33(2)29)21-15-9-10-16-22(21)27(24)34(30,31)19-12-5-4-6-13-19;1-4(2)3/h4-17H,3H2,1-2H3;4H,1-3H3/b26-17-;/t33-;/m0./s1. The SMILES string of the molecule is CC(C)C.CCOC(=O)c1c(-c2ccccc2/C=N\[S@](C)=O)c2ccccc2n1S(=O)(=O)c1ccccc1. The van der Waals surface area contributed by atoms with Crippen molar-refractivity contribution >= 4 is 44.1 Å². The number of carbonyl (C=O) groups is 1. The Hall–Kier alpha value is -3.56. The third-order valence-electron chi connectivity index (χ3n) is 5.15. The monoisotopic (exact) mass is 552 g/mol. The Morgan fingerprint density at radius 1 is 0.974 bits per heavy atom. The van der Waals surface area contributed by atoms with Crippen molar-refractivity contribution in [1.29, 1.82) is 0 Å². The van der Waals surface area contributed by atoms with Crippen LogP contribution in [0.1, 0.15) is 43.7 Å². The van der Waals surface area contributed by atoms with Crippen molar-refractivity contribution in [3.8, 4) is 11.1 Å². The molecule has 7 nitrogen and oxygen atoms in total. The van der Waals surface area contributed by atoms with Gasteiger partial charge in [0.25, 0.3) is 10.0 Å². The Bertz CT molecular complexity index is 1570. The van der Waals surface area contributed by atoms with Crippen LogP contribution >= 0.6 is 0 Å². The summed E-state index contributed by atoms with van der Waals surface area (Å²) in [6.45, 7) is 8.23. The van der Waals surface area contributed by atoms with Crippen LogP contribution in [0.2, 0.25) is 0 Å². The second-order valence-corrected chi connectivity index (χ2v) is 11.9. The summed E-state index contributed by atoms with van der Waals surface area (Å²) in [5, 5.41) is 0.559. The van der Waals surface area contributed by atoms with Crippen LogP contribution in [0.5, 0.6) is 0 Å². The van der Waals surface area contributed by atoms with Gasteiger partial charge in [0, 0.05) is 29.0 Å². The summed E-state index contributed by atoms with van der Waals surface area (Å²) in [5.41, 5.74) is 1.79. The van der Waals surface area contributed by atoms with E-state index in [-0.39, 0.29) is 17.2 Å². The number of fused-ring (bicyclic) bond motifs is 1. The third-order valence-corrected chi connectivity index (χ3v) is 7.28. The summed E-state index contributed by atoms with van der Waals surface area (Å²) >= 11 is 0. The lowest BCUT2D eigenvalue weighted by Gasteiger charge is -2.13. The first-order valence-corrected chi connectivity index (χ1v) is 15.1. The highest BCUT2D eigenvalue weighted by atomic mass is 32.2. The number of hydrogen-bond acceptors (Lipinski definition) is 5. The average molecular weight is 553 g/mol. The van der Waals surface area contributed by atoms with Crippen LogP contribution in [0.25, 0.3) is 22.0 Å². The molecule has 0 spiro atoms. The lowest BCUT2D eigenvalue weighted by Crippen LogP contribution is -2.20. The molecular weight excluding hydrogens is 520 g/mol. The van der Waals surface area contributed by atoms with E-state index in [9.17, 15) is 17.4 Å². The second kappa shape index (κ2) is 12.8. The van der Waals surface area contributed by atoms with Gasteiger partial charge in [-0.3, -0.25) is 0 Å². The largest absolute Gasteiger partial charge is 0.461 e. The lowest BCUT2D eigenvalue weighted by atomic mass is 9.97. The van der Waals surface area contributed by atoms with E-state index in [4.69, 9.17) is 4.74 Å². The molecule has 0 aliphatic heterocycles. The van der Waals surface area contributed by atoms with Gasteiger partial charge in [-0.25, -0.2) is 21.4 Å². The minimum Gasteiger partial charge on any atom is -0.461 e. The average Bonchev–Trinajstić information content (AvgIpc) is 3.24. The van der Waals surface area contributed by atoms with Gasteiger partial charge in [-0.2, -0.15) is 4.40 Å². The Morgan fingerprint density at radius 3 is 2.18 bits per heavy atom. The molecule has 1 aromatic heterocycles. The van der Waals surface area contributed by atoms with Gasteiger partial charge in [0.2, 0.25) is 0 Å². The number of ether oxygens (including phenoxy) is 1. The molecule has 0 bridgehead atoms. The fourth-order valence-electron chi connectivity index (χ4n) is 3.78. The molecule has 38 heavy (non-hydrogen) atoms. The van der Waals surface area contributed by atoms with Crippen molar-refractivity contribution in [2.75, 3.05) is 12.9 Å². The fraction of sp³-hybridized carbons (Fsp3) is 0.241. The third kappa shape index (κ3) is 6.46. The maximum atomic E-state index is 13.8. The summed E-state index contributed by atoms with van der Waals surface area (Å²) in [4.78, 5) is 13.3. The number of hydrogen-bond donors (Lipinski definition) is 0. The zero-order valence-electron chi connectivity index (χ0n) is 22.1. The number of benzene rings is 3. The van der Waals surface area contributed by atoms with Crippen LogP contribution in [0.15, 0.2) is 88.2 Å². The molecule has 0 radical (unpaired) electrons. The van der Waals surface area contributed by atoms with Crippen LogP contribution in [-0.4, -0.2) is 41.6 Å². The molecule has 0 aliphatic carbocycles. The van der Waals surface area contributed by atoms with Crippen molar-refractivity contribution in [3.05, 3.63) is 90.1 Å².